The van der Waals surface area contributed by atoms with Gasteiger partial charge < -0.3 is 0 Å². The third kappa shape index (κ3) is 2.08. The number of halogens is 1. The second-order valence-electron chi connectivity index (χ2n) is 4.91. The van der Waals surface area contributed by atoms with Gasteiger partial charge in [-0.3, -0.25) is 4.98 Å². The molecular formula is C18H16ClN. The second-order valence-corrected chi connectivity index (χ2v) is 5.29. The molecule has 20 heavy (non-hydrogen) atoms. The predicted molar refractivity (Wildman–Crippen MR) is 86.3 cm³/mol. The molecule has 0 saturated carbocycles. The maximum Gasteiger partial charge on any atom is 0.0798 e. The summed E-state index contributed by atoms with van der Waals surface area (Å²) in [6, 6.07) is 16.5. The van der Waals surface area contributed by atoms with Gasteiger partial charge in [-0.15, -0.1) is 0 Å². The van der Waals surface area contributed by atoms with E-state index in [0.29, 0.717) is 0 Å². The van der Waals surface area contributed by atoms with Crippen LogP contribution in [0.1, 0.15) is 18.2 Å². The first kappa shape index (κ1) is 13.1. The van der Waals surface area contributed by atoms with Crippen molar-refractivity contribution < 1.29 is 0 Å². The molecule has 0 amide bonds. The summed E-state index contributed by atoms with van der Waals surface area (Å²) in [4.78, 5) is 4.80. The largest absolute Gasteiger partial charge is 0.252 e. The van der Waals surface area contributed by atoms with Crippen molar-refractivity contribution in [2.24, 2.45) is 0 Å². The number of fused-ring (bicyclic) bond motifs is 1. The molecule has 0 spiro atoms. The fourth-order valence-corrected chi connectivity index (χ4v) is 3.08. The van der Waals surface area contributed by atoms with E-state index < -0.39 is 0 Å². The zero-order chi connectivity index (χ0) is 14.1. The Morgan fingerprint density at radius 1 is 1.00 bits per heavy atom. The highest BCUT2D eigenvalue weighted by molar-refractivity contribution is 6.36. The number of aryl methyl sites for hydroxylation is 1. The van der Waals surface area contributed by atoms with Crippen molar-refractivity contribution in [3.63, 3.8) is 0 Å². The lowest BCUT2D eigenvalue weighted by Gasteiger charge is -2.12. The zero-order valence-electron chi connectivity index (χ0n) is 11.7. The number of nitrogens with zero attached hydrogens (tertiary/aromatic N) is 1. The smallest absolute Gasteiger partial charge is 0.0798 e. The van der Waals surface area contributed by atoms with E-state index in [9.17, 15) is 0 Å². The molecule has 100 valence electrons. The van der Waals surface area contributed by atoms with Crippen molar-refractivity contribution in [2.45, 2.75) is 20.3 Å². The van der Waals surface area contributed by atoms with Crippen LogP contribution in [0.25, 0.3) is 22.0 Å². The van der Waals surface area contributed by atoms with Gasteiger partial charge in [0.2, 0.25) is 0 Å². The Labute approximate surface area is 124 Å². The Hall–Kier alpha value is -1.86. The highest BCUT2D eigenvalue weighted by Gasteiger charge is 2.12. The third-order valence-electron chi connectivity index (χ3n) is 3.69. The van der Waals surface area contributed by atoms with Crippen LogP contribution < -0.4 is 0 Å². The average Bonchev–Trinajstić information content (AvgIpc) is 2.48. The van der Waals surface area contributed by atoms with Crippen molar-refractivity contribution in [1.82, 2.24) is 4.98 Å². The van der Waals surface area contributed by atoms with Gasteiger partial charge in [-0.1, -0.05) is 67.1 Å². The summed E-state index contributed by atoms with van der Waals surface area (Å²) in [6.45, 7) is 4.15. The van der Waals surface area contributed by atoms with E-state index in [1.807, 2.05) is 31.2 Å². The third-order valence-corrected chi connectivity index (χ3v) is 4.12. The van der Waals surface area contributed by atoms with Crippen molar-refractivity contribution in [3.05, 3.63) is 64.8 Å². The van der Waals surface area contributed by atoms with E-state index in [1.54, 1.807) is 0 Å². The van der Waals surface area contributed by atoms with E-state index in [0.717, 1.165) is 39.2 Å². The Morgan fingerprint density at radius 3 is 2.45 bits per heavy atom. The lowest BCUT2D eigenvalue weighted by Crippen LogP contribution is -1.96. The van der Waals surface area contributed by atoms with Crippen molar-refractivity contribution in [2.75, 3.05) is 0 Å². The van der Waals surface area contributed by atoms with Crippen molar-refractivity contribution in [1.29, 1.82) is 0 Å². The van der Waals surface area contributed by atoms with Crippen LogP contribution in [-0.2, 0) is 6.42 Å². The number of para-hydroxylation sites is 1. The van der Waals surface area contributed by atoms with E-state index in [2.05, 4.69) is 31.2 Å². The fraction of sp³-hybridized carbons (Fsp3) is 0.167. The molecule has 0 fully saturated rings. The topological polar surface area (TPSA) is 12.9 Å². The number of hydrogen-bond acceptors (Lipinski definition) is 1. The van der Waals surface area contributed by atoms with Crippen LogP contribution in [0.5, 0.6) is 0 Å². The van der Waals surface area contributed by atoms with Crippen LogP contribution in [-0.4, -0.2) is 4.98 Å². The Bertz CT molecular complexity index is 763. The number of rotatable bonds is 2. The second kappa shape index (κ2) is 5.26. The Morgan fingerprint density at radius 2 is 1.75 bits per heavy atom. The number of benzene rings is 2. The fourth-order valence-electron chi connectivity index (χ4n) is 2.66. The minimum Gasteiger partial charge on any atom is -0.252 e. The molecule has 3 aromatic rings. The maximum atomic E-state index is 6.57. The molecule has 0 bridgehead atoms. The summed E-state index contributed by atoms with van der Waals surface area (Å²) >= 11 is 6.57. The molecule has 0 saturated heterocycles. The summed E-state index contributed by atoms with van der Waals surface area (Å²) in [7, 11) is 0. The molecule has 0 unspecified atom stereocenters. The molecule has 0 N–H and O–H groups in total. The highest BCUT2D eigenvalue weighted by Crippen LogP contribution is 2.34. The molecule has 2 heteroatoms. The van der Waals surface area contributed by atoms with Crippen LogP contribution in [0, 0.1) is 6.92 Å². The number of aromatic nitrogens is 1. The quantitative estimate of drug-likeness (QED) is 0.611. The minimum absolute atomic E-state index is 0.841. The summed E-state index contributed by atoms with van der Waals surface area (Å²) in [5, 5.41) is 1.88. The Kier molecular flexibility index (Phi) is 3.45. The van der Waals surface area contributed by atoms with Crippen LogP contribution >= 0.6 is 11.6 Å². The van der Waals surface area contributed by atoms with Crippen LogP contribution in [0.3, 0.4) is 0 Å². The molecular weight excluding hydrogens is 266 g/mol. The lowest BCUT2D eigenvalue weighted by molar-refractivity contribution is 1.07. The number of pyridine rings is 1. The van der Waals surface area contributed by atoms with Gasteiger partial charge in [0, 0.05) is 16.6 Å². The SMILES string of the molecule is CCc1c(C)nc2c(-c3ccccc3)cccc2c1Cl. The van der Waals surface area contributed by atoms with Gasteiger partial charge in [-0.05, 0) is 24.5 Å². The van der Waals surface area contributed by atoms with Gasteiger partial charge in [0.05, 0.1) is 10.5 Å². The van der Waals surface area contributed by atoms with Gasteiger partial charge >= 0.3 is 0 Å². The lowest BCUT2D eigenvalue weighted by atomic mass is 10.00. The molecule has 0 aliphatic rings. The Balaban J connectivity index is 2.36. The summed E-state index contributed by atoms with van der Waals surface area (Å²) in [5.41, 5.74) is 5.46. The van der Waals surface area contributed by atoms with E-state index in [-0.39, 0.29) is 0 Å². The first-order valence-electron chi connectivity index (χ1n) is 6.85. The van der Waals surface area contributed by atoms with Gasteiger partial charge in [-0.2, -0.15) is 0 Å². The molecule has 0 atom stereocenters. The maximum absolute atomic E-state index is 6.57. The summed E-state index contributed by atoms with van der Waals surface area (Å²) < 4.78 is 0. The molecule has 1 heterocycles. The van der Waals surface area contributed by atoms with E-state index in [4.69, 9.17) is 16.6 Å². The average molecular weight is 282 g/mol. The zero-order valence-corrected chi connectivity index (χ0v) is 12.4. The van der Waals surface area contributed by atoms with Crippen LogP contribution in [0.15, 0.2) is 48.5 Å². The molecule has 0 radical (unpaired) electrons. The van der Waals surface area contributed by atoms with Gasteiger partial charge in [0.1, 0.15) is 0 Å². The standard InChI is InChI=1S/C18H16ClN/c1-3-14-12(2)20-18-15(13-8-5-4-6-9-13)10-7-11-16(18)17(14)19/h4-11H,3H2,1-2H3. The first-order chi connectivity index (χ1) is 9.72. The van der Waals surface area contributed by atoms with E-state index in [1.165, 1.54) is 5.56 Å². The molecule has 0 aliphatic heterocycles. The van der Waals surface area contributed by atoms with Gasteiger partial charge in [0.25, 0.3) is 0 Å². The van der Waals surface area contributed by atoms with Crippen LogP contribution in [0.2, 0.25) is 5.02 Å². The van der Waals surface area contributed by atoms with Crippen molar-refractivity contribution in [3.8, 4) is 11.1 Å². The summed E-state index contributed by atoms with van der Waals surface area (Å²) in [5.74, 6) is 0. The molecule has 2 aromatic carbocycles. The van der Waals surface area contributed by atoms with Gasteiger partial charge in [-0.25, -0.2) is 0 Å². The first-order valence-corrected chi connectivity index (χ1v) is 7.23. The summed E-state index contributed by atoms with van der Waals surface area (Å²) in [6.07, 6.45) is 0.906. The van der Waals surface area contributed by atoms with E-state index >= 15 is 0 Å². The monoisotopic (exact) mass is 281 g/mol. The highest BCUT2D eigenvalue weighted by atomic mass is 35.5. The van der Waals surface area contributed by atoms with Crippen LogP contribution in [0.4, 0.5) is 0 Å². The normalized spacial score (nSPS) is 10.9. The molecule has 1 nitrogen and oxygen atoms in total. The van der Waals surface area contributed by atoms with Crippen molar-refractivity contribution >= 4 is 22.5 Å². The molecule has 1 aromatic heterocycles. The van der Waals surface area contributed by atoms with Gasteiger partial charge in [0.15, 0.2) is 0 Å². The predicted octanol–water partition coefficient (Wildman–Crippen LogP) is 5.43. The number of hydrogen-bond donors (Lipinski definition) is 0. The minimum atomic E-state index is 0.841. The molecule has 3 rings (SSSR count). The molecule has 0 aliphatic carbocycles.